The molecule has 3 N–H and O–H groups in total. The minimum atomic E-state index is 0.0493. The first-order valence-electron chi connectivity index (χ1n) is 9.49. The monoisotopic (exact) mass is 368 g/mol. The Hall–Kier alpha value is -2.60. The quantitative estimate of drug-likeness (QED) is 0.554. The summed E-state index contributed by atoms with van der Waals surface area (Å²) in [5.41, 5.74) is 3.21. The Morgan fingerprint density at radius 3 is 2.81 bits per heavy atom. The van der Waals surface area contributed by atoms with E-state index in [0.717, 1.165) is 43.6 Å². The molecule has 6 heteroatoms. The lowest BCUT2D eigenvalue weighted by molar-refractivity contribution is 0.220. The highest BCUT2D eigenvalue weighted by Gasteiger charge is 2.17. The summed E-state index contributed by atoms with van der Waals surface area (Å²) in [6.45, 7) is 9.19. The molecule has 0 radical (unpaired) electrons. The molecule has 1 aromatic heterocycles. The van der Waals surface area contributed by atoms with Gasteiger partial charge in [-0.15, -0.1) is 0 Å². The minimum absolute atomic E-state index is 0.0493. The van der Waals surface area contributed by atoms with E-state index in [2.05, 4.69) is 27.1 Å². The van der Waals surface area contributed by atoms with Crippen LogP contribution in [0.1, 0.15) is 30.9 Å². The summed E-state index contributed by atoms with van der Waals surface area (Å²) in [4.78, 5) is 11.5. The van der Waals surface area contributed by atoms with Crippen LogP contribution in [-0.4, -0.2) is 52.1 Å². The van der Waals surface area contributed by atoms with Crippen molar-refractivity contribution in [2.45, 2.75) is 39.7 Å². The summed E-state index contributed by atoms with van der Waals surface area (Å²) in [5.74, 6) is 0.569. The van der Waals surface area contributed by atoms with Gasteiger partial charge in [-0.1, -0.05) is 13.0 Å². The molecule has 6 nitrogen and oxygen atoms in total. The maximum absolute atomic E-state index is 10.3. The highest BCUT2D eigenvalue weighted by molar-refractivity contribution is 5.79. The van der Waals surface area contributed by atoms with Crippen molar-refractivity contribution in [3.8, 4) is 22.8 Å². The van der Waals surface area contributed by atoms with Crippen molar-refractivity contribution in [3.63, 3.8) is 0 Å². The van der Waals surface area contributed by atoms with Crippen molar-refractivity contribution < 1.29 is 10.2 Å². The number of piperidine rings is 1. The van der Waals surface area contributed by atoms with E-state index in [1.54, 1.807) is 24.5 Å². The number of aryl methyl sites for hydroxylation is 2. The third-order valence-corrected chi connectivity index (χ3v) is 5.00. The zero-order chi connectivity index (χ0) is 19.4. The number of aromatic hydroxyl groups is 2. The van der Waals surface area contributed by atoms with Gasteiger partial charge in [-0.25, -0.2) is 4.98 Å². The van der Waals surface area contributed by atoms with Crippen LogP contribution in [0.3, 0.4) is 0 Å². The standard InChI is InChI=1S/C21H28N4O2/c1-4-25-9-5-6-16(12-25)22-13-23-21-18(26)8-7-17(24-21)20-15(3)10-14(2)11-19(20)27/h7-8,10-11,13,16,26-27H,4-6,9,12H2,1-3H3,(H,22,23,24)/t16-/m1/s1. The van der Waals surface area contributed by atoms with Crippen LogP contribution in [0, 0.1) is 13.8 Å². The largest absolute Gasteiger partial charge is 0.507 e. The molecule has 2 aromatic rings. The second kappa shape index (κ2) is 8.39. The number of anilines is 1. The molecule has 1 atom stereocenters. The zero-order valence-electron chi connectivity index (χ0n) is 16.2. The maximum atomic E-state index is 10.3. The van der Waals surface area contributed by atoms with Gasteiger partial charge in [0.25, 0.3) is 0 Å². The molecule has 1 aromatic carbocycles. The first-order chi connectivity index (χ1) is 13.0. The van der Waals surface area contributed by atoms with Crippen molar-refractivity contribution in [2.75, 3.05) is 25.0 Å². The van der Waals surface area contributed by atoms with Crippen molar-refractivity contribution >= 4 is 12.2 Å². The van der Waals surface area contributed by atoms with E-state index in [0.29, 0.717) is 17.1 Å². The third kappa shape index (κ3) is 4.57. The summed E-state index contributed by atoms with van der Waals surface area (Å²) in [5, 5.41) is 23.5. The lowest BCUT2D eigenvalue weighted by Crippen LogP contribution is -2.37. The smallest absolute Gasteiger partial charge is 0.174 e. The second-order valence-corrected chi connectivity index (χ2v) is 7.15. The van der Waals surface area contributed by atoms with Crippen LogP contribution in [0.4, 0.5) is 5.82 Å². The lowest BCUT2D eigenvalue weighted by Gasteiger charge is -2.29. The van der Waals surface area contributed by atoms with Crippen LogP contribution in [0.5, 0.6) is 11.5 Å². The van der Waals surface area contributed by atoms with Gasteiger partial charge in [-0.3, -0.25) is 4.99 Å². The predicted octanol–water partition coefficient (Wildman–Crippen LogP) is 3.70. The number of aromatic nitrogens is 1. The van der Waals surface area contributed by atoms with E-state index >= 15 is 0 Å². The van der Waals surface area contributed by atoms with Crippen molar-refractivity contribution in [3.05, 3.63) is 35.4 Å². The molecule has 0 amide bonds. The molecule has 0 spiro atoms. The number of likely N-dealkylation sites (N-methyl/N-ethyl adjacent to an activating group) is 1. The Morgan fingerprint density at radius 1 is 1.26 bits per heavy atom. The molecule has 1 aliphatic rings. The molecule has 0 unspecified atom stereocenters. The fourth-order valence-electron chi connectivity index (χ4n) is 3.62. The highest BCUT2D eigenvalue weighted by Crippen LogP contribution is 2.34. The Morgan fingerprint density at radius 2 is 2.07 bits per heavy atom. The number of aliphatic imine (C=N–C) groups is 1. The van der Waals surface area contributed by atoms with Crippen LogP contribution >= 0.6 is 0 Å². The number of nitrogens with zero attached hydrogens (tertiary/aromatic N) is 3. The molecule has 0 bridgehead atoms. The molecule has 1 aliphatic heterocycles. The second-order valence-electron chi connectivity index (χ2n) is 7.15. The summed E-state index contributed by atoms with van der Waals surface area (Å²) < 4.78 is 0. The fraction of sp³-hybridized carbons (Fsp3) is 0.429. The molecule has 2 heterocycles. The molecule has 3 rings (SSSR count). The predicted molar refractivity (Wildman–Crippen MR) is 110 cm³/mol. The SMILES string of the molecule is CCN1CCC[C@@H](N=CNc2nc(-c3c(C)cc(C)cc3O)ccc2O)C1. The number of phenols is 1. The third-order valence-electron chi connectivity index (χ3n) is 5.00. The Labute approximate surface area is 160 Å². The van der Waals surface area contributed by atoms with Gasteiger partial charge in [0.15, 0.2) is 11.6 Å². The van der Waals surface area contributed by atoms with E-state index in [-0.39, 0.29) is 17.5 Å². The molecule has 0 saturated carbocycles. The summed E-state index contributed by atoms with van der Waals surface area (Å²) in [7, 11) is 0. The van der Waals surface area contributed by atoms with Crippen LogP contribution in [-0.2, 0) is 0 Å². The number of rotatable bonds is 5. The van der Waals surface area contributed by atoms with Gasteiger partial charge in [0, 0.05) is 12.1 Å². The maximum Gasteiger partial charge on any atom is 0.174 e. The number of benzene rings is 1. The topological polar surface area (TPSA) is 81.0 Å². The first-order valence-corrected chi connectivity index (χ1v) is 9.49. The van der Waals surface area contributed by atoms with Gasteiger partial charge >= 0.3 is 0 Å². The molecule has 1 fully saturated rings. The summed E-state index contributed by atoms with van der Waals surface area (Å²) >= 11 is 0. The molecular weight excluding hydrogens is 340 g/mol. The number of pyridine rings is 1. The van der Waals surface area contributed by atoms with Crippen LogP contribution < -0.4 is 5.32 Å². The minimum Gasteiger partial charge on any atom is -0.507 e. The molecular formula is C21H28N4O2. The van der Waals surface area contributed by atoms with Crippen LogP contribution in [0.15, 0.2) is 29.3 Å². The average molecular weight is 368 g/mol. The number of likely N-dealkylation sites (tertiary alicyclic amines) is 1. The summed E-state index contributed by atoms with van der Waals surface area (Å²) in [6.07, 6.45) is 3.85. The number of hydrogen-bond donors (Lipinski definition) is 3. The van der Waals surface area contributed by atoms with E-state index in [9.17, 15) is 10.2 Å². The van der Waals surface area contributed by atoms with E-state index in [1.807, 2.05) is 19.9 Å². The molecule has 0 aliphatic carbocycles. The van der Waals surface area contributed by atoms with Crippen molar-refractivity contribution in [2.24, 2.45) is 4.99 Å². The van der Waals surface area contributed by atoms with Gasteiger partial charge < -0.3 is 20.4 Å². The van der Waals surface area contributed by atoms with Gasteiger partial charge in [0.05, 0.1) is 18.1 Å². The number of phenolic OH excluding ortho intramolecular Hbond substituents is 1. The van der Waals surface area contributed by atoms with E-state index < -0.39 is 0 Å². The van der Waals surface area contributed by atoms with Gasteiger partial charge in [0.1, 0.15) is 5.75 Å². The van der Waals surface area contributed by atoms with Crippen molar-refractivity contribution in [1.82, 2.24) is 9.88 Å². The average Bonchev–Trinajstić information content (AvgIpc) is 2.63. The fourth-order valence-corrected chi connectivity index (χ4v) is 3.62. The highest BCUT2D eigenvalue weighted by atomic mass is 16.3. The first kappa shape index (κ1) is 19.2. The summed E-state index contributed by atoms with van der Waals surface area (Å²) in [6, 6.07) is 7.26. The van der Waals surface area contributed by atoms with Crippen molar-refractivity contribution in [1.29, 1.82) is 0 Å². The molecule has 27 heavy (non-hydrogen) atoms. The van der Waals surface area contributed by atoms with Gasteiger partial charge in [-0.05, 0) is 69.1 Å². The van der Waals surface area contributed by atoms with E-state index in [1.165, 1.54) is 0 Å². The Balaban J connectivity index is 1.77. The molecule has 144 valence electrons. The number of nitrogens with one attached hydrogen (secondary N) is 1. The lowest BCUT2D eigenvalue weighted by atomic mass is 10.0. The van der Waals surface area contributed by atoms with Gasteiger partial charge in [0.2, 0.25) is 0 Å². The Bertz CT molecular complexity index is 812. The zero-order valence-corrected chi connectivity index (χ0v) is 16.2. The molecule has 1 saturated heterocycles. The Kier molecular flexibility index (Phi) is 5.96. The normalized spacial score (nSPS) is 18.1. The van der Waals surface area contributed by atoms with Crippen LogP contribution in [0.25, 0.3) is 11.3 Å². The van der Waals surface area contributed by atoms with Gasteiger partial charge in [-0.2, -0.15) is 0 Å². The van der Waals surface area contributed by atoms with E-state index in [4.69, 9.17) is 0 Å². The van der Waals surface area contributed by atoms with Crippen LogP contribution in [0.2, 0.25) is 0 Å². The number of hydrogen-bond acceptors (Lipinski definition) is 5.